The maximum Gasteiger partial charge on any atom is 0.239 e. The molecule has 0 aromatic carbocycles. The molecule has 4 heteroatoms. The number of hydrogen-bond donors (Lipinski definition) is 1. The van der Waals surface area contributed by atoms with Crippen LogP contribution in [0.2, 0.25) is 0 Å². The van der Waals surface area contributed by atoms with Gasteiger partial charge < -0.3 is 10.6 Å². The Kier molecular flexibility index (Phi) is 5.32. The number of thioether (sulfide) groups is 1. The Hall–Kier alpha value is -0.220. The average Bonchev–Trinajstić information content (AvgIpc) is 2.47. The normalized spacial score (nSPS) is 23.9. The maximum absolute atomic E-state index is 12.3. The first kappa shape index (κ1) is 14.8. The second-order valence-corrected chi connectivity index (χ2v) is 7.40. The molecule has 0 aromatic heterocycles. The molecule has 0 aromatic rings. The van der Waals surface area contributed by atoms with Gasteiger partial charge in [0, 0.05) is 23.6 Å². The third kappa shape index (κ3) is 4.18. The summed E-state index contributed by atoms with van der Waals surface area (Å²) in [5.41, 5.74) is 6.02. The van der Waals surface area contributed by atoms with Crippen LogP contribution in [-0.2, 0) is 4.79 Å². The van der Waals surface area contributed by atoms with Gasteiger partial charge in [-0.1, -0.05) is 34.1 Å². The molecule has 0 saturated carbocycles. The third-order valence-electron chi connectivity index (χ3n) is 3.69. The topological polar surface area (TPSA) is 46.3 Å². The lowest BCUT2D eigenvalue weighted by Gasteiger charge is -2.27. The van der Waals surface area contributed by atoms with E-state index in [0.29, 0.717) is 0 Å². The van der Waals surface area contributed by atoms with Gasteiger partial charge in [0.05, 0.1) is 6.04 Å². The van der Waals surface area contributed by atoms with Crippen molar-refractivity contribution in [2.75, 3.05) is 18.8 Å². The minimum Gasteiger partial charge on any atom is -0.340 e. The van der Waals surface area contributed by atoms with Gasteiger partial charge in [-0.3, -0.25) is 4.79 Å². The van der Waals surface area contributed by atoms with Gasteiger partial charge in [0.1, 0.15) is 0 Å². The number of carbonyl (C=O) groups excluding carboxylic acids is 1. The summed E-state index contributed by atoms with van der Waals surface area (Å²) in [7, 11) is 0. The van der Waals surface area contributed by atoms with Crippen LogP contribution < -0.4 is 5.73 Å². The molecule has 1 saturated heterocycles. The van der Waals surface area contributed by atoms with Crippen LogP contribution in [0.5, 0.6) is 0 Å². The van der Waals surface area contributed by atoms with Crippen molar-refractivity contribution in [2.45, 2.75) is 51.3 Å². The Labute approximate surface area is 109 Å². The summed E-state index contributed by atoms with van der Waals surface area (Å²) in [4.78, 5) is 14.2. The zero-order valence-electron chi connectivity index (χ0n) is 11.5. The predicted octanol–water partition coefficient (Wildman–Crippen LogP) is 2.10. The molecule has 2 N–H and O–H groups in total. The van der Waals surface area contributed by atoms with Crippen LogP contribution in [-0.4, -0.2) is 40.4 Å². The lowest BCUT2D eigenvalue weighted by molar-refractivity contribution is -0.133. The van der Waals surface area contributed by atoms with E-state index in [2.05, 4.69) is 27.7 Å². The van der Waals surface area contributed by atoms with Crippen molar-refractivity contribution in [1.82, 2.24) is 4.90 Å². The van der Waals surface area contributed by atoms with Gasteiger partial charge in [0.2, 0.25) is 5.91 Å². The average molecular weight is 258 g/mol. The number of hydrogen-bond acceptors (Lipinski definition) is 3. The third-order valence-corrected chi connectivity index (χ3v) is 5.06. The van der Waals surface area contributed by atoms with E-state index in [1.807, 2.05) is 16.7 Å². The molecule has 0 radical (unpaired) electrons. The van der Waals surface area contributed by atoms with Gasteiger partial charge in [-0.25, -0.2) is 0 Å². The molecule has 0 spiro atoms. The van der Waals surface area contributed by atoms with Crippen LogP contribution in [0.4, 0.5) is 0 Å². The van der Waals surface area contributed by atoms with E-state index < -0.39 is 0 Å². The highest BCUT2D eigenvalue weighted by atomic mass is 32.2. The minimum absolute atomic E-state index is 0.137. The van der Waals surface area contributed by atoms with Crippen molar-refractivity contribution >= 4 is 17.7 Å². The van der Waals surface area contributed by atoms with Gasteiger partial charge in [0.15, 0.2) is 0 Å². The fourth-order valence-corrected chi connectivity index (χ4v) is 3.05. The zero-order chi connectivity index (χ0) is 13.1. The molecule has 2 unspecified atom stereocenters. The maximum atomic E-state index is 12.3. The number of nitrogens with two attached hydrogens (primary N) is 1. The Morgan fingerprint density at radius 3 is 2.71 bits per heavy atom. The lowest BCUT2D eigenvalue weighted by atomic mass is 9.98. The Bertz CT molecular complexity index is 268. The van der Waals surface area contributed by atoms with E-state index in [0.717, 1.165) is 31.7 Å². The van der Waals surface area contributed by atoms with Crippen LogP contribution in [0.3, 0.4) is 0 Å². The number of rotatable bonds is 3. The summed E-state index contributed by atoms with van der Waals surface area (Å²) in [5, 5.41) is 0. The zero-order valence-corrected chi connectivity index (χ0v) is 12.3. The van der Waals surface area contributed by atoms with E-state index >= 15 is 0 Å². The molecule has 100 valence electrons. The standard InChI is InChI=1S/C13H26N2OS/c1-5-10(2)11(14)12(16)15-7-6-13(3,4)17-9-8-15/h10-11H,5-9,14H2,1-4H3. The fraction of sp³-hybridized carbons (Fsp3) is 0.923. The van der Waals surface area contributed by atoms with Crippen LogP contribution in [0.15, 0.2) is 0 Å². The molecule has 1 heterocycles. The van der Waals surface area contributed by atoms with Gasteiger partial charge in [-0.2, -0.15) is 11.8 Å². The van der Waals surface area contributed by atoms with E-state index in [1.54, 1.807) is 0 Å². The van der Waals surface area contributed by atoms with Crippen LogP contribution >= 0.6 is 11.8 Å². The highest BCUT2D eigenvalue weighted by Crippen LogP contribution is 2.30. The molecule has 0 bridgehead atoms. The van der Waals surface area contributed by atoms with Crippen LogP contribution in [0.1, 0.15) is 40.5 Å². The molecule has 0 aliphatic carbocycles. The van der Waals surface area contributed by atoms with Gasteiger partial charge >= 0.3 is 0 Å². The summed E-state index contributed by atoms with van der Waals surface area (Å²) < 4.78 is 0.287. The van der Waals surface area contributed by atoms with Crippen LogP contribution in [0.25, 0.3) is 0 Å². The second-order valence-electron chi connectivity index (χ2n) is 5.59. The fourth-order valence-electron chi connectivity index (χ4n) is 1.95. The summed E-state index contributed by atoms with van der Waals surface area (Å²) in [6.07, 6.45) is 2.01. The first-order chi connectivity index (χ1) is 7.87. The van der Waals surface area contributed by atoms with E-state index in [9.17, 15) is 4.79 Å². The quantitative estimate of drug-likeness (QED) is 0.843. The van der Waals surface area contributed by atoms with Crippen molar-refractivity contribution in [2.24, 2.45) is 11.7 Å². The van der Waals surface area contributed by atoms with Crippen LogP contribution in [0, 0.1) is 5.92 Å². The molecule has 1 rings (SSSR count). The molecule has 2 atom stereocenters. The predicted molar refractivity (Wildman–Crippen MR) is 75.2 cm³/mol. The number of amides is 1. The van der Waals surface area contributed by atoms with E-state index in [1.165, 1.54) is 0 Å². The van der Waals surface area contributed by atoms with Gasteiger partial charge in [-0.15, -0.1) is 0 Å². The minimum atomic E-state index is -0.328. The van der Waals surface area contributed by atoms with Gasteiger partial charge in [-0.05, 0) is 12.3 Å². The molecule has 1 aliphatic rings. The van der Waals surface area contributed by atoms with E-state index in [4.69, 9.17) is 5.73 Å². The lowest BCUT2D eigenvalue weighted by Crippen LogP contribution is -2.47. The van der Waals surface area contributed by atoms with Crippen molar-refractivity contribution in [3.63, 3.8) is 0 Å². The Morgan fingerprint density at radius 2 is 2.12 bits per heavy atom. The van der Waals surface area contributed by atoms with Crippen molar-refractivity contribution in [1.29, 1.82) is 0 Å². The first-order valence-corrected chi connectivity index (χ1v) is 7.54. The molecule has 3 nitrogen and oxygen atoms in total. The largest absolute Gasteiger partial charge is 0.340 e. The number of nitrogens with zero attached hydrogens (tertiary/aromatic N) is 1. The monoisotopic (exact) mass is 258 g/mol. The molecular formula is C13H26N2OS. The highest BCUT2D eigenvalue weighted by molar-refractivity contribution is 8.00. The molecular weight excluding hydrogens is 232 g/mol. The summed E-state index contributed by atoms with van der Waals surface area (Å²) in [6.45, 7) is 10.3. The highest BCUT2D eigenvalue weighted by Gasteiger charge is 2.29. The second kappa shape index (κ2) is 6.10. The molecule has 1 aliphatic heterocycles. The summed E-state index contributed by atoms with van der Waals surface area (Å²) in [5.74, 6) is 1.43. The molecule has 17 heavy (non-hydrogen) atoms. The Balaban J connectivity index is 2.58. The number of carbonyl (C=O) groups is 1. The summed E-state index contributed by atoms with van der Waals surface area (Å²) in [6, 6.07) is -0.328. The molecule has 1 amide bonds. The van der Waals surface area contributed by atoms with Crippen molar-refractivity contribution in [3.8, 4) is 0 Å². The van der Waals surface area contributed by atoms with E-state index in [-0.39, 0.29) is 22.6 Å². The van der Waals surface area contributed by atoms with Crippen molar-refractivity contribution < 1.29 is 4.79 Å². The SMILES string of the molecule is CCC(C)C(N)C(=O)N1CCSC(C)(C)CC1. The summed E-state index contributed by atoms with van der Waals surface area (Å²) >= 11 is 1.95. The smallest absolute Gasteiger partial charge is 0.239 e. The molecule has 1 fully saturated rings. The van der Waals surface area contributed by atoms with Crippen molar-refractivity contribution in [3.05, 3.63) is 0 Å². The Morgan fingerprint density at radius 1 is 1.47 bits per heavy atom. The van der Waals surface area contributed by atoms with Gasteiger partial charge in [0.25, 0.3) is 0 Å². The first-order valence-electron chi connectivity index (χ1n) is 6.55.